The Hall–Kier alpha value is -2.41. The summed E-state index contributed by atoms with van der Waals surface area (Å²) >= 11 is 1.74. The van der Waals surface area contributed by atoms with Crippen LogP contribution in [0.1, 0.15) is 37.4 Å². The summed E-state index contributed by atoms with van der Waals surface area (Å²) in [5.41, 5.74) is 12.3. The first-order valence-corrected chi connectivity index (χ1v) is 12.4. The van der Waals surface area contributed by atoms with Crippen molar-refractivity contribution in [3.63, 3.8) is 0 Å². The highest BCUT2D eigenvalue weighted by Crippen LogP contribution is 2.43. The molecule has 3 aromatic rings. The third-order valence-corrected chi connectivity index (χ3v) is 7.69. The van der Waals surface area contributed by atoms with Gasteiger partial charge in [-0.25, -0.2) is 4.98 Å². The molecule has 6 heteroatoms. The zero-order valence-corrected chi connectivity index (χ0v) is 20.0. The van der Waals surface area contributed by atoms with Crippen LogP contribution in [0, 0.1) is 0 Å². The van der Waals surface area contributed by atoms with Crippen molar-refractivity contribution in [1.82, 2.24) is 14.8 Å². The fourth-order valence-corrected chi connectivity index (χ4v) is 5.92. The molecule has 5 nitrogen and oxygen atoms in total. The van der Waals surface area contributed by atoms with Crippen molar-refractivity contribution < 1.29 is 4.74 Å². The Morgan fingerprint density at radius 3 is 2.69 bits per heavy atom. The van der Waals surface area contributed by atoms with Crippen molar-refractivity contribution in [2.24, 2.45) is 0 Å². The largest absolute Gasteiger partial charge is 0.489 e. The molecule has 1 atom stereocenters. The van der Waals surface area contributed by atoms with Gasteiger partial charge in [0.25, 0.3) is 0 Å². The Bertz CT molecular complexity index is 1100. The van der Waals surface area contributed by atoms with Gasteiger partial charge in [0, 0.05) is 44.0 Å². The lowest BCUT2D eigenvalue weighted by Crippen LogP contribution is -2.45. The van der Waals surface area contributed by atoms with E-state index in [1.807, 2.05) is 32.2 Å². The number of piperazine rings is 1. The monoisotopic (exact) mass is 448 g/mol. The van der Waals surface area contributed by atoms with Crippen LogP contribution in [0.25, 0.3) is 21.0 Å². The molecule has 1 aliphatic carbocycles. The van der Waals surface area contributed by atoms with Crippen molar-refractivity contribution >= 4 is 17.0 Å². The molecule has 2 aromatic carbocycles. The van der Waals surface area contributed by atoms with E-state index < -0.39 is 0 Å². The minimum Gasteiger partial charge on any atom is -0.489 e. The first kappa shape index (κ1) is 21.4. The number of nitrogens with two attached hydrogens (primary N) is 1. The van der Waals surface area contributed by atoms with Gasteiger partial charge in [-0.2, -0.15) is 0 Å². The molecule has 0 radical (unpaired) electrons. The average molecular weight is 449 g/mol. The Morgan fingerprint density at radius 2 is 1.94 bits per heavy atom. The van der Waals surface area contributed by atoms with E-state index in [4.69, 9.17) is 15.5 Å². The van der Waals surface area contributed by atoms with Gasteiger partial charge in [0.05, 0.1) is 16.7 Å². The molecule has 1 aromatic heterocycles. The number of likely N-dealkylation sites (N-methyl/N-ethyl adjacent to an activating group) is 1. The molecular weight excluding hydrogens is 416 g/mol. The number of hydrogen-bond acceptors (Lipinski definition) is 6. The number of fused-ring (bicyclic) bond motifs is 1. The molecule has 0 bridgehead atoms. The Kier molecular flexibility index (Phi) is 5.93. The van der Waals surface area contributed by atoms with Crippen molar-refractivity contribution in [2.45, 2.75) is 38.8 Å². The van der Waals surface area contributed by atoms with Gasteiger partial charge in [0.15, 0.2) is 0 Å². The summed E-state index contributed by atoms with van der Waals surface area (Å²) in [5.74, 6) is 0.733. The van der Waals surface area contributed by atoms with Crippen LogP contribution in [0.4, 0.5) is 5.69 Å². The number of thiazole rings is 1. The van der Waals surface area contributed by atoms with Crippen LogP contribution >= 0.6 is 11.3 Å². The van der Waals surface area contributed by atoms with E-state index >= 15 is 0 Å². The molecule has 2 aliphatic rings. The predicted octanol–water partition coefficient (Wildman–Crippen LogP) is 5.08. The minimum atomic E-state index is 0.101. The van der Waals surface area contributed by atoms with E-state index in [-0.39, 0.29) is 6.10 Å². The zero-order valence-electron chi connectivity index (χ0n) is 19.2. The summed E-state index contributed by atoms with van der Waals surface area (Å²) in [7, 11) is 2.22. The summed E-state index contributed by atoms with van der Waals surface area (Å²) in [5, 5.41) is 0.994. The molecular formula is C26H32N4OS. The number of anilines is 1. The molecule has 0 spiro atoms. The number of nitrogens with zero attached hydrogens (tertiary/aromatic N) is 3. The summed E-state index contributed by atoms with van der Waals surface area (Å²) < 4.78 is 5.78. The van der Waals surface area contributed by atoms with E-state index in [1.165, 1.54) is 28.0 Å². The van der Waals surface area contributed by atoms with Crippen LogP contribution in [0.2, 0.25) is 0 Å². The third-order valence-electron chi connectivity index (χ3n) is 6.61. The van der Waals surface area contributed by atoms with Gasteiger partial charge in [-0.15, -0.1) is 11.3 Å². The van der Waals surface area contributed by atoms with Gasteiger partial charge < -0.3 is 15.4 Å². The van der Waals surface area contributed by atoms with Crippen LogP contribution in [-0.2, 0) is 6.42 Å². The topological polar surface area (TPSA) is 54.6 Å². The second-order valence-electron chi connectivity index (χ2n) is 9.22. The van der Waals surface area contributed by atoms with Crippen molar-refractivity contribution in [3.05, 3.63) is 53.7 Å². The van der Waals surface area contributed by atoms with Crippen LogP contribution in [0.15, 0.2) is 42.6 Å². The first-order valence-electron chi connectivity index (χ1n) is 11.6. The number of rotatable bonds is 5. The van der Waals surface area contributed by atoms with E-state index in [2.05, 4.69) is 41.1 Å². The summed E-state index contributed by atoms with van der Waals surface area (Å²) in [6, 6.07) is 13.3. The van der Waals surface area contributed by atoms with Crippen LogP contribution in [0.5, 0.6) is 5.75 Å². The maximum absolute atomic E-state index is 6.24. The first-order chi connectivity index (χ1) is 15.5. The molecule has 1 fully saturated rings. The molecule has 2 heterocycles. The maximum Gasteiger partial charge on any atom is 0.142 e. The molecule has 1 aliphatic heterocycles. The lowest BCUT2D eigenvalue weighted by atomic mass is 10.0. The second-order valence-corrected chi connectivity index (χ2v) is 10.2. The molecule has 168 valence electrons. The Balaban J connectivity index is 1.40. The van der Waals surface area contributed by atoms with Gasteiger partial charge in [-0.1, -0.05) is 18.2 Å². The summed E-state index contributed by atoms with van der Waals surface area (Å²) in [4.78, 5) is 11.1. The average Bonchev–Trinajstić information content (AvgIpc) is 3.43. The number of hydrogen-bond donors (Lipinski definition) is 1. The molecule has 5 rings (SSSR count). The fraction of sp³-hybridized carbons (Fsp3) is 0.423. The van der Waals surface area contributed by atoms with Crippen LogP contribution in [-0.4, -0.2) is 54.1 Å². The highest BCUT2D eigenvalue weighted by Gasteiger charge is 2.31. The van der Waals surface area contributed by atoms with E-state index in [9.17, 15) is 0 Å². The highest BCUT2D eigenvalue weighted by molar-refractivity contribution is 7.18. The lowest BCUT2D eigenvalue weighted by Gasteiger charge is -2.36. The number of benzene rings is 2. The van der Waals surface area contributed by atoms with Crippen LogP contribution in [0.3, 0.4) is 0 Å². The molecule has 32 heavy (non-hydrogen) atoms. The van der Waals surface area contributed by atoms with Gasteiger partial charge in [-0.05, 0) is 68.6 Å². The molecule has 0 saturated carbocycles. The SMILES string of the molecule is CC(C)Oc1ccc(-c2ncc(-c3cccc4c3CCC4N3CCN(C)CC3)s2)cc1N. The fourth-order valence-electron chi connectivity index (χ4n) is 4.95. The minimum absolute atomic E-state index is 0.101. The third kappa shape index (κ3) is 4.15. The maximum atomic E-state index is 6.24. The van der Waals surface area contributed by atoms with Crippen molar-refractivity contribution in [1.29, 1.82) is 0 Å². The lowest BCUT2D eigenvalue weighted by molar-refractivity contribution is 0.111. The molecule has 1 saturated heterocycles. The molecule has 2 N–H and O–H groups in total. The summed E-state index contributed by atoms with van der Waals surface area (Å²) in [6.45, 7) is 8.66. The standard InChI is InChI=1S/C26H32N4OS/c1-17(2)31-24-10-7-18(15-22(24)27)26-28-16-25(32-26)21-6-4-5-20-19(21)8-9-23(20)30-13-11-29(3)12-14-30/h4-7,10,15-17,23H,8-9,11-14,27H2,1-3H3. The van der Waals surface area contributed by atoms with Crippen molar-refractivity contribution in [2.75, 3.05) is 39.0 Å². The summed E-state index contributed by atoms with van der Waals surface area (Å²) in [6.07, 6.45) is 4.48. The van der Waals surface area contributed by atoms with Crippen LogP contribution < -0.4 is 10.5 Å². The zero-order chi connectivity index (χ0) is 22.2. The van der Waals surface area contributed by atoms with E-state index in [1.54, 1.807) is 11.3 Å². The van der Waals surface area contributed by atoms with E-state index in [0.717, 1.165) is 48.9 Å². The van der Waals surface area contributed by atoms with Gasteiger partial charge in [0.1, 0.15) is 10.8 Å². The van der Waals surface area contributed by atoms with E-state index in [0.29, 0.717) is 11.7 Å². The number of aromatic nitrogens is 1. The number of nitrogen functional groups attached to an aromatic ring is 1. The number of ether oxygens (including phenoxy) is 1. The van der Waals surface area contributed by atoms with Gasteiger partial charge in [0.2, 0.25) is 0 Å². The van der Waals surface area contributed by atoms with Gasteiger partial charge >= 0.3 is 0 Å². The normalized spacial score (nSPS) is 19.4. The molecule has 0 amide bonds. The smallest absolute Gasteiger partial charge is 0.142 e. The molecule has 1 unspecified atom stereocenters. The Morgan fingerprint density at radius 1 is 1.12 bits per heavy atom. The quantitative estimate of drug-likeness (QED) is 0.552. The Labute approximate surface area is 194 Å². The van der Waals surface area contributed by atoms with Crippen molar-refractivity contribution in [3.8, 4) is 26.8 Å². The van der Waals surface area contributed by atoms with Gasteiger partial charge in [-0.3, -0.25) is 4.90 Å². The second kappa shape index (κ2) is 8.85. The predicted molar refractivity (Wildman–Crippen MR) is 133 cm³/mol. The highest BCUT2D eigenvalue weighted by atomic mass is 32.1.